The molecule has 0 saturated carbocycles. The molecule has 4 aromatic rings. The number of hydrogen-bond donors (Lipinski definition) is 0. The first-order valence-corrected chi connectivity index (χ1v) is 12.1. The first-order chi connectivity index (χ1) is 16.5. The minimum atomic E-state index is -0.352. The van der Waals surface area contributed by atoms with Crippen molar-refractivity contribution in [3.63, 3.8) is 0 Å². The molecule has 34 heavy (non-hydrogen) atoms. The number of carbonyl (C=O) groups excluding carboxylic acids is 1. The number of ether oxygens (including phenoxy) is 2. The standard InChI is InChI=1S/C26H26N4O3S/c1-17-13-20(18(2)30(17)14-19-9-5-4-6-10-19)21(31)16-34-26-28-27-25(29(26)3)24-15-32-22-11-7-8-12-23(22)33-24/h4-13,24H,14-16H2,1-3H3. The zero-order valence-electron chi connectivity index (χ0n) is 19.4. The minimum absolute atomic E-state index is 0.0770. The number of nitrogens with zero attached hydrogens (tertiary/aromatic N) is 4. The summed E-state index contributed by atoms with van der Waals surface area (Å²) in [4.78, 5) is 13.1. The summed E-state index contributed by atoms with van der Waals surface area (Å²) >= 11 is 1.38. The lowest BCUT2D eigenvalue weighted by Gasteiger charge is -2.25. The van der Waals surface area contributed by atoms with Crippen LogP contribution in [0.3, 0.4) is 0 Å². The van der Waals surface area contributed by atoms with E-state index < -0.39 is 0 Å². The van der Waals surface area contributed by atoms with E-state index in [4.69, 9.17) is 9.47 Å². The number of Topliss-reactive ketones (excluding diaryl/α,β-unsaturated/α-hetero) is 1. The van der Waals surface area contributed by atoms with E-state index in [0.717, 1.165) is 29.2 Å². The molecule has 0 spiro atoms. The van der Waals surface area contributed by atoms with Crippen LogP contribution >= 0.6 is 11.8 Å². The molecule has 0 N–H and O–H groups in total. The topological polar surface area (TPSA) is 71.2 Å². The van der Waals surface area contributed by atoms with Gasteiger partial charge in [0.15, 0.2) is 34.4 Å². The van der Waals surface area contributed by atoms with Gasteiger partial charge >= 0.3 is 0 Å². The van der Waals surface area contributed by atoms with E-state index in [0.29, 0.717) is 23.3 Å². The Balaban J connectivity index is 1.26. The van der Waals surface area contributed by atoms with Crippen LogP contribution in [0.1, 0.15) is 39.2 Å². The third-order valence-electron chi connectivity index (χ3n) is 6.06. The second kappa shape index (κ2) is 9.38. The highest BCUT2D eigenvalue weighted by molar-refractivity contribution is 7.99. The second-order valence-corrected chi connectivity index (χ2v) is 9.27. The van der Waals surface area contributed by atoms with Gasteiger partial charge in [-0.1, -0.05) is 54.2 Å². The van der Waals surface area contributed by atoms with Crippen molar-refractivity contribution in [3.8, 4) is 11.5 Å². The van der Waals surface area contributed by atoms with Crippen LogP contribution in [-0.2, 0) is 13.6 Å². The summed E-state index contributed by atoms with van der Waals surface area (Å²) in [5.41, 5.74) is 4.02. The van der Waals surface area contributed by atoms with Crippen LogP contribution in [0, 0.1) is 13.8 Å². The summed E-state index contributed by atoms with van der Waals surface area (Å²) in [5, 5.41) is 9.28. The highest BCUT2D eigenvalue weighted by Crippen LogP contribution is 2.35. The number of rotatable bonds is 7. The lowest BCUT2D eigenvalue weighted by molar-refractivity contribution is 0.0825. The van der Waals surface area contributed by atoms with Crippen LogP contribution in [-0.4, -0.2) is 37.5 Å². The van der Waals surface area contributed by atoms with E-state index in [1.807, 2.05) is 74.0 Å². The second-order valence-electron chi connectivity index (χ2n) is 8.33. The Kier molecular flexibility index (Phi) is 6.15. The molecule has 7 nitrogen and oxygen atoms in total. The van der Waals surface area contributed by atoms with E-state index in [1.54, 1.807) is 0 Å². The summed E-state index contributed by atoms with van der Waals surface area (Å²) in [6.45, 7) is 5.16. The Morgan fingerprint density at radius 1 is 1.06 bits per heavy atom. The van der Waals surface area contributed by atoms with E-state index >= 15 is 0 Å². The number of carbonyl (C=O) groups is 1. The Morgan fingerprint density at radius 3 is 2.59 bits per heavy atom. The van der Waals surface area contributed by atoms with E-state index in [1.165, 1.54) is 17.3 Å². The summed E-state index contributed by atoms with van der Waals surface area (Å²) in [6, 6.07) is 19.8. The van der Waals surface area contributed by atoms with Gasteiger partial charge in [-0.25, -0.2) is 0 Å². The maximum absolute atomic E-state index is 13.1. The Hall–Kier alpha value is -3.52. The average Bonchev–Trinajstić information content (AvgIpc) is 3.37. The molecule has 0 fully saturated rings. The van der Waals surface area contributed by atoms with Crippen molar-refractivity contribution < 1.29 is 14.3 Å². The van der Waals surface area contributed by atoms with Crippen LogP contribution in [0.2, 0.25) is 0 Å². The predicted molar refractivity (Wildman–Crippen MR) is 131 cm³/mol. The van der Waals surface area contributed by atoms with Gasteiger partial charge in [-0.2, -0.15) is 0 Å². The van der Waals surface area contributed by atoms with E-state index in [2.05, 4.69) is 26.9 Å². The van der Waals surface area contributed by atoms with Crippen molar-refractivity contribution in [2.75, 3.05) is 12.4 Å². The SMILES string of the molecule is Cc1cc(C(=O)CSc2nnc(C3COc4ccccc4O3)n2C)c(C)n1Cc1ccccc1. The van der Waals surface area contributed by atoms with Crippen LogP contribution in [0.5, 0.6) is 11.5 Å². The molecular weight excluding hydrogens is 448 g/mol. The van der Waals surface area contributed by atoms with Gasteiger partial charge in [-0.3, -0.25) is 4.79 Å². The molecule has 0 amide bonds. The fourth-order valence-electron chi connectivity index (χ4n) is 4.18. The molecule has 0 aliphatic carbocycles. The number of benzene rings is 2. The average molecular weight is 475 g/mol. The lowest BCUT2D eigenvalue weighted by Crippen LogP contribution is -2.24. The molecule has 1 aliphatic heterocycles. The Morgan fingerprint density at radius 2 is 1.79 bits per heavy atom. The van der Waals surface area contributed by atoms with Crippen LogP contribution in [0.25, 0.3) is 0 Å². The molecule has 0 saturated heterocycles. The zero-order chi connectivity index (χ0) is 23.7. The largest absolute Gasteiger partial charge is 0.485 e. The van der Waals surface area contributed by atoms with E-state index in [9.17, 15) is 4.79 Å². The predicted octanol–water partition coefficient (Wildman–Crippen LogP) is 4.77. The normalized spacial score (nSPS) is 14.9. The highest BCUT2D eigenvalue weighted by atomic mass is 32.2. The quantitative estimate of drug-likeness (QED) is 0.284. The molecule has 1 unspecified atom stereocenters. The fourth-order valence-corrected chi connectivity index (χ4v) is 4.98. The van der Waals surface area contributed by atoms with Gasteiger partial charge in [0.2, 0.25) is 0 Å². The van der Waals surface area contributed by atoms with Crippen molar-refractivity contribution in [3.05, 3.63) is 89.0 Å². The van der Waals surface area contributed by atoms with Crippen molar-refractivity contribution in [2.24, 2.45) is 7.05 Å². The smallest absolute Gasteiger partial charge is 0.192 e. The molecule has 2 aromatic carbocycles. The van der Waals surface area contributed by atoms with Gasteiger partial charge in [0.05, 0.1) is 5.75 Å². The summed E-state index contributed by atoms with van der Waals surface area (Å²) in [7, 11) is 1.89. The summed E-state index contributed by atoms with van der Waals surface area (Å²) in [5.74, 6) is 2.45. The van der Waals surface area contributed by atoms with Crippen LogP contribution < -0.4 is 9.47 Å². The molecule has 174 valence electrons. The molecular formula is C26H26N4O3S. The molecule has 1 atom stereocenters. The molecule has 8 heteroatoms. The van der Waals surface area contributed by atoms with Gasteiger partial charge < -0.3 is 18.6 Å². The number of para-hydroxylation sites is 2. The molecule has 3 heterocycles. The molecule has 5 rings (SSSR count). The van der Waals surface area contributed by atoms with Gasteiger partial charge in [-0.15, -0.1) is 10.2 Å². The third kappa shape index (κ3) is 4.33. The number of fused-ring (bicyclic) bond motifs is 1. The highest BCUT2D eigenvalue weighted by Gasteiger charge is 2.27. The molecule has 0 radical (unpaired) electrons. The summed E-state index contributed by atoms with van der Waals surface area (Å²) < 4.78 is 15.9. The van der Waals surface area contributed by atoms with Crippen LogP contribution in [0.4, 0.5) is 0 Å². The third-order valence-corrected chi connectivity index (χ3v) is 7.08. The monoisotopic (exact) mass is 474 g/mol. The number of hydrogen-bond acceptors (Lipinski definition) is 6. The van der Waals surface area contributed by atoms with Crippen LogP contribution in [0.15, 0.2) is 65.8 Å². The first-order valence-electron chi connectivity index (χ1n) is 11.2. The van der Waals surface area contributed by atoms with Gasteiger partial charge in [-0.05, 0) is 37.6 Å². The Bertz CT molecular complexity index is 1330. The number of ketones is 1. The minimum Gasteiger partial charge on any atom is -0.485 e. The van der Waals surface area contributed by atoms with E-state index in [-0.39, 0.29) is 17.6 Å². The zero-order valence-corrected chi connectivity index (χ0v) is 20.2. The maximum atomic E-state index is 13.1. The number of aromatic nitrogens is 4. The van der Waals surface area contributed by atoms with Gasteiger partial charge in [0, 0.05) is 30.5 Å². The number of aryl methyl sites for hydroxylation is 1. The van der Waals surface area contributed by atoms with Gasteiger partial charge in [0.1, 0.15) is 6.61 Å². The van der Waals surface area contributed by atoms with Crippen molar-refractivity contribution in [1.29, 1.82) is 0 Å². The van der Waals surface area contributed by atoms with Crippen molar-refractivity contribution >= 4 is 17.5 Å². The summed E-state index contributed by atoms with van der Waals surface area (Å²) in [6.07, 6.45) is -0.352. The molecule has 1 aliphatic rings. The Labute approximate surface area is 202 Å². The molecule has 2 aromatic heterocycles. The van der Waals surface area contributed by atoms with Crippen molar-refractivity contribution in [2.45, 2.75) is 31.7 Å². The number of thioether (sulfide) groups is 1. The van der Waals surface area contributed by atoms with Crippen molar-refractivity contribution in [1.82, 2.24) is 19.3 Å². The lowest BCUT2D eigenvalue weighted by atomic mass is 10.2. The molecule has 0 bridgehead atoms. The maximum Gasteiger partial charge on any atom is 0.192 e. The fraction of sp³-hybridized carbons (Fsp3) is 0.269. The first kappa shape index (κ1) is 22.3. The van der Waals surface area contributed by atoms with Gasteiger partial charge in [0.25, 0.3) is 0 Å².